The summed E-state index contributed by atoms with van der Waals surface area (Å²) in [6, 6.07) is 8.00. The Kier molecular flexibility index (Phi) is 4.80. The fourth-order valence-corrected chi connectivity index (χ4v) is 3.53. The summed E-state index contributed by atoms with van der Waals surface area (Å²) in [5.74, 6) is 0.0789. The van der Waals surface area contributed by atoms with Crippen LogP contribution in [-0.2, 0) is 10.2 Å². The van der Waals surface area contributed by atoms with Crippen molar-refractivity contribution >= 4 is 5.97 Å². The number of nitrogens with zero attached hydrogens (tertiary/aromatic N) is 1. The molecule has 1 fully saturated rings. The van der Waals surface area contributed by atoms with Crippen LogP contribution < -0.4 is 9.47 Å². The number of benzene rings is 1. The van der Waals surface area contributed by atoms with Crippen molar-refractivity contribution in [1.82, 2.24) is 0 Å². The number of hydrogen-bond acceptors (Lipinski definition) is 4. The molecule has 0 heterocycles. The van der Waals surface area contributed by atoms with E-state index < -0.39 is 11.4 Å². The van der Waals surface area contributed by atoms with Crippen LogP contribution in [0.4, 0.5) is 0 Å². The van der Waals surface area contributed by atoms with E-state index in [1.165, 1.54) is 0 Å². The molecular formula is C20H21NO4. The third kappa shape index (κ3) is 3.39. The van der Waals surface area contributed by atoms with Gasteiger partial charge in [0, 0.05) is 0 Å². The third-order valence-corrected chi connectivity index (χ3v) is 5.09. The fraction of sp³-hybridized carbons (Fsp3) is 0.400. The van der Waals surface area contributed by atoms with E-state index in [0.29, 0.717) is 37.2 Å². The molecule has 0 radical (unpaired) electrons. The van der Waals surface area contributed by atoms with Gasteiger partial charge in [0.1, 0.15) is 6.10 Å². The maximum Gasteiger partial charge on any atom is 0.306 e. The number of carboxylic acids is 1. The van der Waals surface area contributed by atoms with Crippen molar-refractivity contribution in [3.8, 4) is 17.6 Å². The van der Waals surface area contributed by atoms with Gasteiger partial charge in [0.2, 0.25) is 0 Å². The van der Waals surface area contributed by atoms with Gasteiger partial charge >= 0.3 is 5.97 Å². The van der Waals surface area contributed by atoms with E-state index in [1.54, 1.807) is 7.11 Å². The van der Waals surface area contributed by atoms with Gasteiger partial charge in [0.25, 0.3) is 0 Å². The zero-order valence-electron chi connectivity index (χ0n) is 14.1. The van der Waals surface area contributed by atoms with Crippen molar-refractivity contribution in [2.24, 2.45) is 5.92 Å². The van der Waals surface area contributed by atoms with Gasteiger partial charge in [0.15, 0.2) is 11.5 Å². The summed E-state index contributed by atoms with van der Waals surface area (Å²) in [7, 11) is 1.58. The molecule has 130 valence electrons. The summed E-state index contributed by atoms with van der Waals surface area (Å²) in [5.41, 5.74) is 0.193. The number of carbonyl (C=O) groups is 1. The largest absolute Gasteiger partial charge is 0.493 e. The maximum absolute atomic E-state index is 11.2. The Morgan fingerprint density at radius 2 is 1.92 bits per heavy atom. The van der Waals surface area contributed by atoms with Gasteiger partial charge in [-0.15, -0.1) is 0 Å². The van der Waals surface area contributed by atoms with E-state index in [0.717, 1.165) is 5.56 Å². The molecule has 1 aromatic carbocycles. The molecule has 0 aliphatic heterocycles. The molecule has 25 heavy (non-hydrogen) atoms. The zero-order chi connectivity index (χ0) is 17.9. The molecule has 0 unspecified atom stereocenters. The van der Waals surface area contributed by atoms with Gasteiger partial charge in [-0.3, -0.25) is 4.79 Å². The topological polar surface area (TPSA) is 79.5 Å². The molecule has 1 saturated carbocycles. The molecule has 2 aliphatic rings. The normalized spacial score (nSPS) is 25.5. The molecular weight excluding hydrogens is 318 g/mol. The maximum atomic E-state index is 11.2. The van der Waals surface area contributed by atoms with Crippen LogP contribution in [0, 0.1) is 17.2 Å². The average Bonchev–Trinajstić information content (AvgIpc) is 3.14. The van der Waals surface area contributed by atoms with Gasteiger partial charge in [-0.1, -0.05) is 18.2 Å². The lowest BCUT2D eigenvalue weighted by Gasteiger charge is -2.34. The Morgan fingerprint density at radius 3 is 2.48 bits per heavy atom. The lowest BCUT2D eigenvalue weighted by Crippen LogP contribution is -2.33. The van der Waals surface area contributed by atoms with Crippen LogP contribution in [0.5, 0.6) is 11.5 Å². The second-order valence-corrected chi connectivity index (χ2v) is 6.52. The van der Waals surface area contributed by atoms with Crippen LogP contribution in [0.3, 0.4) is 0 Å². The van der Waals surface area contributed by atoms with Gasteiger partial charge in [-0.2, -0.15) is 5.26 Å². The molecule has 0 bridgehead atoms. The molecule has 5 heteroatoms. The number of allylic oxidation sites excluding steroid dienone is 2. The Labute approximate surface area is 147 Å². The summed E-state index contributed by atoms with van der Waals surface area (Å²) in [5, 5.41) is 19.0. The lowest BCUT2D eigenvalue weighted by atomic mass is 9.67. The highest BCUT2D eigenvalue weighted by Crippen LogP contribution is 2.44. The zero-order valence-corrected chi connectivity index (χ0v) is 14.1. The van der Waals surface area contributed by atoms with E-state index in [9.17, 15) is 15.2 Å². The quantitative estimate of drug-likeness (QED) is 0.886. The monoisotopic (exact) mass is 339 g/mol. The van der Waals surface area contributed by atoms with E-state index in [-0.39, 0.29) is 12.0 Å². The summed E-state index contributed by atoms with van der Waals surface area (Å²) in [6.07, 6.45) is 9.67. The SMILES string of the molecule is COc1ccc(C2(C#N)CCC(C(=O)O)CC2)cc1OC1C=CC=C1. The number of aliphatic carboxylic acids is 1. The van der Waals surface area contributed by atoms with Crippen molar-refractivity contribution in [3.63, 3.8) is 0 Å². The molecule has 1 N–H and O–H groups in total. The van der Waals surface area contributed by atoms with Gasteiger partial charge in [0.05, 0.1) is 24.5 Å². The van der Waals surface area contributed by atoms with E-state index in [2.05, 4.69) is 6.07 Å². The van der Waals surface area contributed by atoms with Crippen LogP contribution in [-0.4, -0.2) is 24.3 Å². The molecule has 5 nitrogen and oxygen atoms in total. The van der Waals surface area contributed by atoms with Gasteiger partial charge in [-0.05, 0) is 55.5 Å². The molecule has 0 atom stereocenters. The van der Waals surface area contributed by atoms with E-state index >= 15 is 0 Å². The van der Waals surface area contributed by atoms with Crippen molar-refractivity contribution in [3.05, 3.63) is 48.1 Å². The van der Waals surface area contributed by atoms with Gasteiger partial charge in [-0.25, -0.2) is 0 Å². The summed E-state index contributed by atoms with van der Waals surface area (Å²) in [6.45, 7) is 0. The Hall–Kier alpha value is -2.74. The second kappa shape index (κ2) is 7.02. The molecule has 0 aromatic heterocycles. The lowest BCUT2D eigenvalue weighted by molar-refractivity contribution is -0.143. The highest BCUT2D eigenvalue weighted by atomic mass is 16.5. The van der Waals surface area contributed by atoms with Crippen molar-refractivity contribution in [1.29, 1.82) is 5.26 Å². The number of rotatable bonds is 5. The smallest absolute Gasteiger partial charge is 0.306 e. The Balaban J connectivity index is 1.88. The highest BCUT2D eigenvalue weighted by molar-refractivity contribution is 5.70. The van der Waals surface area contributed by atoms with Gasteiger partial charge < -0.3 is 14.6 Å². The molecule has 2 aliphatic carbocycles. The predicted molar refractivity (Wildman–Crippen MR) is 92.6 cm³/mol. The molecule has 3 rings (SSSR count). The first-order chi connectivity index (χ1) is 12.1. The molecule has 0 amide bonds. The minimum Gasteiger partial charge on any atom is -0.493 e. The molecule has 1 aromatic rings. The van der Waals surface area contributed by atoms with Crippen molar-refractivity contribution in [2.45, 2.75) is 37.2 Å². The number of ether oxygens (including phenoxy) is 2. The summed E-state index contributed by atoms with van der Waals surface area (Å²) < 4.78 is 11.4. The average molecular weight is 339 g/mol. The van der Waals surface area contributed by atoms with E-state index in [1.807, 2.05) is 42.5 Å². The minimum atomic E-state index is -0.773. The van der Waals surface area contributed by atoms with Crippen LogP contribution >= 0.6 is 0 Å². The van der Waals surface area contributed by atoms with Crippen LogP contribution in [0.25, 0.3) is 0 Å². The van der Waals surface area contributed by atoms with E-state index in [4.69, 9.17) is 9.47 Å². The molecule has 0 saturated heterocycles. The first-order valence-corrected chi connectivity index (χ1v) is 8.42. The standard InChI is InChI=1S/C20H21NO4/c1-24-17-7-6-15(12-18(17)25-16-4-2-3-5-16)20(13-21)10-8-14(9-11-20)19(22)23/h2-7,12,14,16H,8-11H2,1H3,(H,22,23). The summed E-state index contributed by atoms with van der Waals surface area (Å²) >= 11 is 0. The Morgan fingerprint density at radius 1 is 1.24 bits per heavy atom. The first-order valence-electron chi connectivity index (χ1n) is 8.42. The number of hydrogen-bond donors (Lipinski definition) is 1. The second-order valence-electron chi connectivity index (χ2n) is 6.52. The number of carboxylic acid groups (broad SMARTS) is 1. The number of nitriles is 1. The van der Waals surface area contributed by atoms with Crippen molar-refractivity contribution < 1.29 is 19.4 Å². The third-order valence-electron chi connectivity index (χ3n) is 5.09. The first kappa shape index (κ1) is 17.1. The van der Waals surface area contributed by atoms with Crippen LogP contribution in [0.15, 0.2) is 42.5 Å². The van der Waals surface area contributed by atoms with Crippen LogP contribution in [0.1, 0.15) is 31.2 Å². The van der Waals surface area contributed by atoms with Crippen LogP contribution in [0.2, 0.25) is 0 Å². The minimum absolute atomic E-state index is 0.148. The van der Waals surface area contributed by atoms with Crippen molar-refractivity contribution in [2.75, 3.05) is 7.11 Å². The summed E-state index contributed by atoms with van der Waals surface area (Å²) in [4.78, 5) is 11.2. The predicted octanol–water partition coefficient (Wildman–Crippen LogP) is 3.60. The number of methoxy groups -OCH3 is 1. The highest BCUT2D eigenvalue weighted by Gasteiger charge is 2.39. The fourth-order valence-electron chi connectivity index (χ4n) is 3.53. The molecule has 0 spiro atoms. The Bertz CT molecular complexity index is 739.